The van der Waals surface area contributed by atoms with Gasteiger partial charge in [0.1, 0.15) is 0 Å². The molecule has 0 saturated heterocycles. The van der Waals surface area contributed by atoms with Gasteiger partial charge in [-0.05, 0) is 84.1 Å². The molecule has 2 nitrogen and oxygen atoms in total. The van der Waals surface area contributed by atoms with Crippen molar-refractivity contribution >= 4 is 21.8 Å². The van der Waals surface area contributed by atoms with Gasteiger partial charge in [-0.1, -0.05) is 60.7 Å². The highest BCUT2D eigenvalue weighted by molar-refractivity contribution is 6.08. The van der Waals surface area contributed by atoms with E-state index < -0.39 is 0 Å². The number of aryl methyl sites for hydroxylation is 1. The van der Waals surface area contributed by atoms with Gasteiger partial charge in [-0.15, -0.1) is 0 Å². The first kappa shape index (κ1) is 19.3. The molecule has 158 valence electrons. The lowest BCUT2D eigenvalue weighted by molar-refractivity contribution is 0.402. The number of fused-ring (bicyclic) bond motifs is 6. The standard InChI is InChI=1S/C30H28N2/c1-31(2)19-22-9-12-24-18-23-11-8-20(15-27(23)28(24)16-22)14-21-10-13-26-25-6-4-5-7-29(25)32(3)30(26)17-21/h4-13,15-17H,14,18-19H2,1-3H3. The summed E-state index contributed by atoms with van der Waals surface area (Å²) in [5.41, 5.74) is 12.5. The van der Waals surface area contributed by atoms with Crippen molar-refractivity contribution in [2.75, 3.05) is 14.1 Å². The van der Waals surface area contributed by atoms with Crippen LogP contribution in [0.2, 0.25) is 0 Å². The van der Waals surface area contributed by atoms with E-state index in [4.69, 9.17) is 0 Å². The molecule has 0 saturated carbocycles. The molecule has 1 aromatic heterocycles. The van der Waals surface area contributed by atoms with Crippen molar-refractivity contribution < 1.29 is 0 Å². The highest BCUT2D eigenvalue weighted by atomic mass is 15.0. The smallest absolute Gasteiger partial charge is 0.0491 e. The lowest BCUT2D eigenvalue weighted by atomic mass is 9.97. The SMILES string of the molecule is CN(C)Cc1ccc2c(c1)-c1cc(Cc3ccc4c5ccccc5n(C)c4c3)ccc1C2. The fourth-order valence-electron chi connectivity index (χ4n) is 5.39. The Morgan fingerprint density at radius 3 is 2.09 bits per heavy atom. The second kappa shape index (κ2) is 7.36. The lowest BCUT2D eigenvalue weighted by Gasteiger charge is -2.12. The van der Waals surface area contributed by atoms with E-state index in [0.717, 1.165) is 19.4 Å². The van der Waals surface area contributed by atoms with Gasteiger partial charge in [-0.25, -0.2) is 0 Å². The number of para-hydroxylation sites is 1. The van der Waals surface area contributed by atoms with Crippen LogP contribution in [0, 0.1) is 0 Å². The first-order chi connectivity index (χ1) is 15.6. The normalized spacial score (nSPS) is 12.6. The second-order valence-corrected chi connectivity index (χ2v) is 9.50. The molecule has 0 radical (unpaired) electrons. The number of aromatic nitrogens is 1. The summed E-state index contributed by atoms with van der Waals surface area (Å²) in [5, 5.41) is 2.67. The first-order valence-electron chi connectivity index (χ1n) is 11.4. The average molecular weight is 417 g/mol. The van der Waals surface area contributed by atoms with E-state index in [1.165, 1.54) is 60.8 Å². The Kier molecular flexibility index (Phi) is 4.44. The van der Waals surface area contributed by atoms with Crippen molar-refractivity contribution in [3.63, 3.8) is 0 Å². The summed E-state index contributed by atoms with van der Waals surface area (Å²) in [5.74, 6) is 0. The Morgan fingerprint density at radius 2 is 1.31 bits per heavy atom. The molecule has 0 aliphatic heterocycles. The third-order valence-corrected chi connectivity index (χ3v) is 6.91. The van der Waals surface area contributed by atoms with Crippen molar-refractivity contribution in [3.8, 4) is 11.1 Å². The van der Waals surface area contributed by atoms with Crippen molar-refractivity contribution in [2.45, 2.75) is 19.4 Å². The Bertz CT molecular complexity index is 1490. The van der Waals surface area contributed by atoms with Crippen LogP contribution in [-0.2, 0) is 26.4 Å². The Balaban J connectivity index is 1.36. The molecule has 1 heterocycles. The number of benzene rings is 4. The summed E-state index contributed by atoms with van der Waals surface area (Å²) in [7, 11) is 6.43. The van der Waals surface area contributed by atoms with Gasteiger partial charge in [0.2, 0.25) is 0 Å². The first-order valence-corrected chi connectivity index (χ1v) is 11.4. The maximum atomic E-state index is 2.42. The third kappa shape index (κ3) is 3.14. The van der Waals surface area contributed by atoms with E-state index in [-0.39, 0.29) is 0 Å². The molecule has 6 rings (SSSR count). The average Bonchev–Trinajstić information content (AvgIpc) is 3.29. The van der Waals surface area contributed by atoms with Crippen LogP contribution in [-0.4, -0.2) is 23.6 Å². The van der Waals surface area contributed by atoms with Crippen LogP contribution in [0.4, 0.5) is 0 Å². The predicted octanol–water partition coefficient (Wildman–Crippen LogP) is 6.56. The monoisotopic (exact) mass is 416 g/mol. The van der Waals surface area contributed by atoms with Crippen LogP contribution < -0.4 is 0 Å². The van der Waals surface area contributed by atoms with Gasteiger partial charge < -0.3 is 9.47 Å². The summed E-state index contributed by atoms with van der Waals surface area (Å²) in [6.45, 7) is 0.980. The molecule has 0 N–H and O–H groups in total. The summed E-state index contributed by atoms with van der Waals surface area (Å²) in [6, 6.07) is 29.7. The fraction of sp³-hybridized carbons (Fsp3) is 0.200. The lowest BCUT2D eigenvalue weighted by Crippen LogP contribution is -2.10. The largest absolute Gasteiger partial charge is 0.344 e. The van der Waals surface area contributed by atoms with Gasteiger partial charge in [0, 0.05) is 35.4 Å². The highest BCUT2D eigenvalue weighted by Gasteiger charge is 2.19. The third-order valence-electron chi connectivity index (χ3n) is 6.91. The molecule has 0 unspecified atom stereocenters. The molecule has 32 heavy (non-hydrogen) atoms. The molecule has 0 spiro atoms. The van der Waals surface area contributed by atoms with Crippen LogP contribution in [0.25, 0.3) is 32.9 Å². The molecule has 0 atom stereocenters. The number of nitrogens with zero attached hydrogens (tertiary/aromatic N) is 2. The van der Waals surface area contributed by atoms with E-state index in [2.05, 4.69) is 109 Å². The van der Waals surface area contributed by atoms with Gasteiger partial charge >= 0.3 is 0 Å². The zero-order valence-corrected chi connectivity index (χ0v) is 19.0. The minimum atomic E-state index is 0.956. The van der Waals surface area contributed by atoms with Crippen molar-refractivity contribution in [1.29, 1.82) is 0 Å². The minimum Gasteiger partial charge on any atom is -0.344 e. The number of rotatable bonds is 4. The van der Waals surface area contributed by atoms with E-state index in [0.29, 0.717) is 0 Å². The van der Waals surface area contributed by atoms with E-state index in [1.54, 1.807) is 0 Å². The maximum absolute atomic E-state index is 2.42. The molecule has 2 heteroatoms. The van der Waals surface area contributed by atoms with Gasteiger partial charge in [0.15, 0.2) is 0 Å². The Morgan fingerprint density at radius 1 is 0.688 bits per heavy atom. The minimum absolute atomic E-state index is 0.956. The van der Waals surface area contributed by atoms with Crippen LogP contribution in [0.15, 0.2) is 78.9 Å². The summed E-state index contributed by atoms with van der Waals surface area (Å²) in [6.07, 6.45) is 2.01. The van der Waals surface area contributed by atoms with E-state index >= 15 is 0 Å². The Labute approximate surface area is 189 Å². The topological polar surface area (TPSA) is 8.17 Å². The highest BCUT2D eigenvalue weighted by Crippen LogP contribution is 2.38. The van der Waals surface area contributed by atoms with Crippen LogP contribution in [0.5, 0.6) is 0 Å². The second-order valence-electron chi connectivity index (χ2n) is 9.50. The zero-order chi connectivity index (χ0) is 21.8. The molecule has 0 amide bonds. The van der Waals surface area contributed by atoms with Gasteiger partial charge in [0.05, 0.1) is 0 Å². The van der Waals surface area contributed by atoms with Crippen molar-refractivity contribution in [1.82, 2.24) is 9.47 Å². The molecule has 0 fully saturated rings. The Hall–Kier alpha value is -3.36. The summed E-state index contributed by atoms with van der Waals surface area (Å²) < 4.78 is 2.32. The molecule has 0 bridgehead atoms. The number of hydrogen-bond acceptors (Lipinski definition) is 1. The number of hydrogen-bond donors (Lipinski definition) is 0. The summed E-state index contributed by atoms with van der Waals surface area (Å²) >= 11 is 0. The zero-order valence-electron chi connectivity index (χ0n) is 19.0. The molecule has 1 aliphatic rings. The van der Waals surface area contributed by atoms with Gasteiger partial charge in [-0.3, -0.25) is 0 Å². The molecular weight excluding hydrogens is 388 g/mol. The molecular formula is C30H28N2. The maximum Gasteiger partial charge on any atom is 0.0491 e. The quantitative estimate of drug-likeness (QED) is 0.316. The van der Waals surface area contributed by atoms with Crippen molar-refractivity contribution in [2.24, 2.45) is 7.05 Å². The summed E-state index contributed by atoms with van der Waals surface area (Å²) in [4.78, 5) is 2.23. The van der Waals surface area contributed by atoms with Crippen LogP contribution in [0.3, 0.4) is 0 Å². The molecule has 5 aromatic rings. The fourth-order valence-corrected chi connectivity index (χ4v) is 5.39. The van der Waals surface area contributed by atoms with Crippen molar-refractivity contribution in [3.05, 3.63) is 107 Å². The van der Waals surface area contributed by atoms with Gasteiger partial charge in [0.25, 0.3) is 0 Å². The van der Waals surface area contributed by atoms with E-state index in [9.17, 15) is 0 Å². The van der Waals surface area contributed by atoms with Crippen LogP contribution >= 0.6 is 0 Å². The van der Waals surface area contributed by atoms with Gasteiger partial charge in [-0.2, -0.15) is 0 Å². The van der Waals surface area contributed by atoms with E-state index in [1.807, 2.05) is 0 Å². The predicted molar refractivity (Wildman–Crippen MR) is 135 cm³/mol. The molecule has 1 aliphatic carbocycles. The van der Waals surface area contributed by atoms with Crippen LogP contribution in [0.1, 0.15) is 27.8 Å². The molecule has 4 aromatic carbocycles.